The van der Waals surface area contributed by atoms with E-state index in [1.165, 1.54) is 20.3 Å². The van der Waals surface area contributed by atoms with Gasteiger partial charge in [-0.3, -0.25) is 9.89 Å². The first kappa shape index (κ1) is 22.8. The molecule has 4 aromatic rings. The molecule has 2 N–H and O–H groups in total. The standard InChI is InChI=1S/C24H21F2N3O5/c1-31-20-10-7-14(11-21(20)32-2)23(30)27-22-17-12-16(8-9-18(17)28-29-22)33-13-15-5-3-4-6-19(15)34-24(25)26/h3-12,24H,13H2,1-2H3,(H2,27,28,29,30). The highest BCUT2D eigenvalue weighted by Crippen LogP contribution is 2.30. The first-order valence-corrected chi connectivity index (χ1v) is 10.2. The average Bonchev–Trinajstić information content (AvgIpc) is 3.24. The Hall–Kier alpha value is -4.34. The smallest absolute Gasteiger partial charge is 0.387 e. The van der Waals surface area contributed by atoms with Crippen molar-refractivity contribution in [2.24, 2.45) is 0 Å². The first-order valence-electron chi connectivity index (χ1n) is 10.2. The quantitative estimate of drug-likeness (QED) is 0.358. The number of fused-ring (bicyclic) bond motifs is 1. The van der Waals surface area contributed by atoms with Gasteiger partial charge in [0.05, 0.1) is 19.7 Å². The van der Waals surface area contributed by atoms with Crippen LogP contribution in [0.15, 0.2) is 60.7 Å². The third-order valence-corrected chi connectivity index (χ3v) is 4.99. The maximum Gasteiger partial charge on any atom is 0.387 e. The molecule has 0 atom stereocenters. The van der Waals surface area contributed by atoms with Gasteiger partial charge in [0.15, 0.2) is 17.3 Å². The number of anilines is 1. The SMILES string of the molecule is COc1ccc(C(=O)Nc2n[nH]c3ccc(OCc4ccccc4OC(F)F)cc23)cc1OC. The third-order valence-electron chi connectivity index (χ3n) is 4.99. The number of methoxy groups -OCH3 is 2. The highest BCUT2D eigenvalue weighted by atomic mass is 19.3. The zero-order chi connectivity index (χ0) is 24.1. The molecule has 0 spiro atoms. The van der Waals surface area contributed by atoms with Crippen LogP contribution in [0.3, 0.4) is 0 Å². The molecule has 1 amide bonds. The molecule has 4 rings (SSSR count). The van der Waals surface area contributed by atoms with Crippen molar-refractivity contribution >= 4 is 22.6 Å². The van der Waals surface area contributed by atoms with E-state index in [4.69, 9.17) is 14.2 Å². The average molecular weight is 469 g/mol. The monoisotopic (exact) mass is 469 g/mol. The van der Waals surface area contributed by atoms with Gasteiger partial charge in [0, 0.05) is 16.5 Å². The lowest BCUT2D eigenvalue weighted by Crippen LogP contribution is -2.12. The predicted molar refractivity (Wildman–Crippen MR) is 121 cm³/mol. The molecule has 34 heavy (non-hydrogen) atoms. The van der Waals surface area contributed by atoms with Crippen molar-refractivity contribution in [1.29, 1.82) is 0 Å². The molecule has 0 aliphatic rings. The number of rotatable bonds is 9. The van der Waals surface area contributed by atoms with Crippen molar-refractivity contribution in [2.45, 2.75) is 13.2 Å². The van der Waals surface area contributed by atoms with Crippen molar-refractivity contribution in [1.82, 2.24) is 10.2 Å². The first-order chi connectivity index (χ1) is 16.5. The maximum atomic E-state index is 12.8. The fourth-order valence-electron chi connectivity index (χ4n) is 3.33. The lowest BCUT2D eigenvalue weighted by atomic mass is 10.1. The summed E-state index contributed by atoms with van der Waals surface area (Å²) in [6.07, 6.45) is 0. The van der Waals surface area contributed by atoms with E-state index in [1.807, 2.05) is 0 Å². The number of amides is 1. The van der Waals surface area contributed by atoms with Crippen LogP contribution in [0.1, 0.15) is 15.9 Å². The fraction of sp³-hybridized carbons (Fsp3) is 0.167. The predicted octanol–water partition coefficient (Wildman–Crippen LogP) is 5.01. The summed E-state index contributed by atoms with van der Waals surface area (Å²) >= 11 is 0. The van der Waals surface area contributed by atoms with Gasteiger partial charge in [-0.05, 0) is 42.5 Å². The number of hydrogen-bond acceptors (Lipinski definition) is 6. The van der Waals surface area contributed by atoms with Gasteiger partial charge in [-0.2, -0.15) is 13.9 Å². The number of alkyl halides is 2. The molecule has 10 heteroatoms. The van der Waals surface area contributed by atoms with E-state index in [9.17, 15) is 13.6 Å². The van der Waals surface area contributed by atoms with Crippen LogP contribution in [0.5, 0.6) is 23.0 Å². The molecule has 0 aliphatic carbocycles. The molecule has 0 saturated carbocycles. The summed E-state index contributed by atoms with van der Waals surface area (Å²) < 4.78 is 46.0. The molecule has 0 aliphatic heterocycles. The molecule has 0 saturated heterocycles. The van der Waals surface area contributed by atoms with Gasteiger partial charge in [-0.15, -0.1) is 0 Å². The van der Waals surface area contributed by atoms with Gasteiger partial charge in [0.1, 0.15) is 18.1 Å². The van der Waals surface area contributed by atoms with Gasteiger partial charge in [0.25, 0.3) is 5.91 Å². The van der Waals surface area contributed by atoms with E-state index in [0.717, 1.165) is 0 Å². The lowest BCUT2D eigenvalue weighted by Gasteiger charge is -2.12. The summed E-state index contributed by atoms with van der Waals surface area (Å²) in [5.74, 6) is 1.35. The van der Waals surface area contributed by atoms with E-state index in [-0.39, 0.29) is 12.4 Å². The summed E-state index contributed by atoms with van der Waals surface area (Å²) in [5.41, 5.74) is 1.50. The number of carbonyl (C=O) groups is 1. The Labute approximate surface area is 193 Å². The van der Waals surface area contributed by atoms with Gasteiger partial charge >= 0.3 is 6.61 Å². The molecule has 0 unspecified atom stereocenters. The Balaban J connectivity index is 1.51. The van der Waals surface area contributed by atoms with Crippen molar-refractivity contribution in [3.63, 3.8) is 0 Å². The van der Waals surface area contributed by atoms with Crippen LogP contribution >= 0.6 is 0 Å². The maximum absolute atomic E-state index is 12.8. The second kappa shape index (κ2) is 10.1. The topological polar surface area (TPSA) is 94.7 Å². The van der Waals surface area contributed by atoms with Crippen LogP contribution in [-0.2, 0) is 6.61 Å². The summed E-state index contributed by atoms with van der Waals surface area (Å²) in [5, 5.41) is 10.4. The fourth-order valence-corrected chi connectivity index (χ4v) is 3.33. The summed E-state index contributed by atoms with van der Waals surface area (Å²) in [6.45, 7) is -2.92. The number of nitrogens with zero attached hydrogens (tertiary/aromatic N) is 1. The number of para-hydroxylation sites is 1. The van der Waals surface area contributed by atoms with Crippen LogP contribution in [0, 0.1) is 0 Å². The molecule has 0 radical (unpaired) electrons. The molecule has 1 heterocycles. The molecule has 176 valence electrons. The molecule has 8 nitrogen and oxygen atoms in total. The van der Waals surface area contributed by atoms with Crippen LogP contribution in [0.25, 0.3) is 10.9 Å². The van der Waals surface area contributed by atoms with E-state index < -0.39 is 12.5 Å². The van der Waals surface area contributed by atoms with Crippen molar-refractivity contribution < 1.29 is 32.5 Å². The lowest BCUT2D eigenvalue weighted by molar-refractivity contribution is -0.0508. The third kappa shape index (κ3) is 5.01. The molecule has 3 aromatic carbocycles. The number of halogens is 2. The van der Waals surface area contributed by atoms with Gasteiger partial charge in [-0.25, -0.2) is 0 Å². The number of nitrogens with one attached hydrogen (secondary N) is 2. The van der Waals surface area contributed by atoms with Crippen molar-refractivity contribution in [3.05, 3.63) is 71.8 Å². The summed E-state index contributed by atoms with van der Waals surface area (Å²) in [6, 6.07) is 16.4. The minimum absolute atomic E-state index is 0.0135. The minimum atomic E-state index is -2.93. The number of aromatic amines is 1. The number of H-pyrrole nitrogens is 1. The van der Waals surface area contributed by atoms with Crippen LogP contribution in [0.4, 0.5) is 14.6 Å². The minimum Gasteiger partial charge on any atom is -0.493 e. The van der Waals surface area contributed by atoms with E-state index in [0.29, 0.717) is 45.1 Å². The Morgan fingerprint density at radius 1 is 1.00 bits per heavy atom. The largest absolute Gasteiger partial charge is 0.493 e. The highest BCUT2D eigenvalue weighted by molar-refractivity contribution is 6.08. The van der Waals surface area contributed by atoms with E-state index in [2.05, 4.69) is 20.3 Å². The van der Waals surface area contributed by atoms with Crippen LogP contribution in [0.2, 0.25) is 0 Å². The molecule has 0 bridgehead atoms. The summed E-state index contributed by atoms with van der Waals surface area (Å²) in [4.78, 5) is 12.8. The van der Waals surface area contributed by atoms with Crippen molar-refractivity contribution in [3.8, 4) is 23.0 Å². The zero-order valence-corrected chi connectivity index (χ0v) is 18.3. The normalized spacial score (nSPS) is 10.9. The van der Waals surface area contributed by atoms with Crippen LogP contribution < -0.4 is 24.3 Å². The number of carbonyl (C=O) groups excluding carboxylic acids is 1. The molecule has 1 aromatic heterocycles. The van der Waals surface area contributed by atoms with E-state index in [1.54, 1.807) is 54.6 Å². The number of aromatic nitrogens is 2. The Morgan fingerprint density at radius 3 is 2.56 bits per heavy atom. The number of benzene rings is 3. The van der Waals surface area contributed by atoms with Gasteiger partial charge < -0.3 is 24.3 Å². The zero-order valence-electron chi connectivity index (χ0n) is 18.3. The Bertz CT molecular complexity index is 1310. The molecule has 0 fully saturated rings. The molecular formula is C24H21F2N3O5. The second-order valence-corrected chi connectivity index (χ2v) is 7.08. The number of ether oxygens (including phenoxy) is 4. The summed E-state index contributed by atoms with van der Waals surface area (Å²) in [7, 11) is 3.00. The Kier molecular flexibility index (Phi) is 6.77. The van der Waals surface area contributed by atoms with Crippen molar-refractivity contribution in [2.75, 3.05) is 19.5 Å². The highest BCUT2D eigenvalue weighted by Gasteiger charge is 2.15. The molecular weight excluding hydrogens is 448 g/mol. The van der Waals surface area contributed by atoms with Gasteiger partial charge in [-0.1, -0.05) is 18.2 Å². The number of hydrogen-bond donors (Lipinski definition) is 2. The Morgan fingerprint density at radius 2 is 1.79 bits per heavy atom. The van der Waals surface area contributed by atoms with Gasteiger partial charge in [0.2, 0.25) is 0 Å². The second-order valence-electron chi connectivity index (χ2n) is 7.08. The van der Waals surface area contributed by atoms with Crippen LogP contribution in [-0.4, -0.2) is 36.9 Å². The van der Waals surface area contributed by atoms with E-state index >= 15 is 0 Å².